The Bertz CT molecular complexity index is 192. The molecule has 1 amide bonds. The van der Waals surface area contributed by atoms with Gasteiger partial charge in [0.15, 0.2) is 0 Å². The van der Waals surface area contributed by atoms with Crippen LogP contribution in [0.1, 0.15) is 0 Å². The fourth-order valence-electron chi connectivity index (χ4n) is 0.922. The van der Waals surface area contributed by atoms with Crippen LogP contribution in [-0.4, -0.2) is 75.9 Å². The summed E-state index contributed by atoms with van der Waals surface area (Å²) in [6.45, 7) is 3.75. The van der Waals surface area contributed by atoms with Gasteiger partial charge in [-0.2, -0.15) is 0 Å². The van der Waals surface area contributed by atoms with E-state index in [2.05, 4.69) is 0 Å². The van der Waals surface area contributed by atoms with Gasteiger partial charge in [0, 0.05) is 20.1 Å². The van der Waals surface area contributed by atoms with Gasteiger partial charge in [0.1, 0.15) is 0 Å². The number of carboxylic acid groups (broad SMARTS) is 1. The van der Waals surface area contributed by atoms with E-state index in [1.807, 2.05) is 0 Å². The quantitative estimate of drug-likeness (QED) is 0.485. The Hall–Kier alpha value is -0.890. The van der Waals surface area contributed by atoms with Crippen molar-refractivity contribution < 1.29 is 24.1 Å². The molecule has 102 valence electrons. The Balaban J connectivity index is 3.06. The molecule has 3 N–H and O–H groups in total. The Morgan fingerprint density at radius 3 is 2.00 bits per heavy atom. The fourth-order valence-corrected chi connectivity index (χ4v) is 0.922. The highest BCUT2D eigenvalue weighted by Crippen LogP contribution is 1.85. The highest BCUT2D eigenvalue weighted by atomic mass is 16.5. The average Bonchev–Trinajstić information content (AvgIpc) is 2.31. The summed E-state index contributed by atoms with van der Waals surface area (Å²) in [6, 6.07) is 0. The molecule has 0 aliphatic carbocycles. The largest absolute Gasteiger partial charge is 0.465 e. The zero-order valence-corrected chi connectivity index (χ0v) is 10.3. The zero-order chi connectivity index (χ0) is 12.9. The summed E-state index contributed by atoms with van der Waals surface area (Å²) in [7, 11) is 1.50. The van der Waals surface area contributed by atoms with E-state index in [0.717, 1.165) is 0 Å². The molecular weight excluding hydrogens is 228 g/mol. The minimum absolute atomic E-state index is 0.356. The van der Waals surface area contributed by atoms with Crippen molar-refractivity contribution in [1.82, 2.24) is 4.90 Å². The fraction of sp³-hybridized carbons (Fsp3) is 0.900. The molecule has 0 spiro atoms. The highest BCUT2D eigenvalue weighted by Gasteiger charge is 2.03. The molecular formula is C10H22N2O5. The first-order valence-corrected chi connectivity index (χ1v) is 5.56. The number of amides is 1. The summed E-state index contributed by atoms with van der Waals surface area (Å²) in [6.07, 6.45) is -0.957. The van der Waals surface area contributed by atoms with Gasteiger partial charge in [-0.15, -0.1) is 0 Å². The van der Waals surface area contributed by atoms with Gasteiger partial charge in [-0.3, -0.25) is 0 Å². The lowest BCUT2D eigenvalue weighted by atomic mass is 10.6. The Morgan fingerprint density at radius 1 is 1.06 bits per heavy atom. The first kappa shape index (κ1) is 16.1. The number of ether oxygens (including phenoxy) is 3. The minimum Gasteiger partial charge on any atom is -0.465 e. The van der Waals surface area contributed by atoms with E-state index in [4.69, 9.17) is 25.1 Å². The molecule has 0 saturated heterocycles. The molecule has 0 saturated carbocycles. The molecule has 0 aliphatic heterocycles. The van der Waals surface area contributed by atoms with Crippen LogP contribution in [0.5, 0.6) is 0 Å². The van der Waals surface area contributed by atoms with Crippen LogP contribution in [0.15, 0.2) is 0 Å². The molecule has 0 fully saturated rings. The Kier molecular flexibility index (Phi) is 11.0. The second-order valence-electron chi connectivity index (χ2n) is 3.33. The van der Waals surface area contributed by atoms with Gasteiger partial charge in [-0.25, -0.2) is 4.79 Å². The smallest absolute Gasteiger partial charge is 0.407 e. The van der Waals surface area contributed by atoms with Gasteiger partial charge in [0.25, 0.3) is 0 Å². The van der Waals surface area contributed by atoms with E-state index in [1.165, 1.54) is 11.9 Å². The predicted molar refractivity (Wildman–Crippen MR) is 62.2 cm³/mol. The number of nitrogens with two attached hydrogens (primary N) is 1. The highest BCUT2D eigenvalue weighted by molar-refractivity contribution is 5.64. The predicted octanol–water partition coefficient (Wildman–Crippen LogP) is -0.395. The Labute approximate surface area is 101 Å². The van der Waals surface area contributed by atoms with Crippen molar-refractivity contribution in [2.24, 2.45) is 5.73 Å². The van der Waals surface area contributed by atoms with Gasteiger partial charge < -0.3 is 30.0 Å². The summed E-state index contributed by atoms with van der Waals surface area (Å²) in [5, 5.41) is 8.55. The van der Waals surface area contributed by atoms with Crippen LogP contribution in [-0.2, 0) is 14.2 Å². The molecule has 0 atom stereocenters. The van der Waals surface area contributed by atoms with Gasteiger partial charge in [0.2, 0.25) is 0 Å². The lowest BCUT2D eigenvalue weighted by molar-refractivity contribution is 0.0132. The topological polar surface area (TPSA) is 94.3 Å². The van der Waals surface area contributed by atoms with E-state index in [0.29, 0.717) is 52.7 Å². The third-order valence-electron chi connectivity index (χ3n) is 1.90. The van der Waals surface area contributed by atoms with Crippen LogP contribution in [0.3, 0.4) is 0 Å². The third kappa shape index (κ3) is 11.4. The first-order valence-electron chi connectivity index (χ1n) is 5.56. The summed E-state index contributed by atoms with van der Waals surface area (Å²) >= 11 is 0. The van der Waals surface area contributed by atoms with Crippen molar-refractivity contribution >= 4 is 6.09 Å². The average molecular weight is 250 g/mol. The van der Waals surface area contributed by atoms with Crippen molar-refractivity contribution in [3.63, 3.8) is 0 Å². The second kappa shape index (κ2) is 11.6. The molecule has 0 aromatic heterocycles. The van der Waals surface area contributed by atoms with Gasteiger partial charge in [0.05, 0.1) is 39.6 Å². The summed E-state index contributed by atoms with van der Waals surface area (Å²) in [5.41, 5.74) is 5.24. The summed E-state index contributed by atoms with van der Waals surface area (Å²) in [4.78, 5) is 11.6. The molecule has 0 aromatic rings. The molecule has 0 aromatic carbocycles. The monoisotopic (exact) mass is 250 g/mol. The summed E-state index contributed by atoms with van der Waals surface area (Å²) < 4.78 is 15.5. The van der Waals surface area contributed by atoms with Crippen LogP contribution in [0.4, 0.5) is 4.79 Å². The molecule has 0 radical (unpaired) electrons. The third-order valence-corrected chi connectivity index (χ3v) is 1.90. The number of likely N-dealkylation sites (N-methyl/N-ethyl adjacent to an activating group) is 1. The van der Waals surface area contributed by atoms with Crippen LogP contribution in [0, 0.1) is 0 Å². The van der Waals surface area contributed by atoms with E-state index >= 15 is 0 Å². The minimum atomic E-state index is -0.957. The maximum atomic E-state index is 10.4. The maximum absolute atomic E-state index is 10.4. The Morgan fingerprint density at radius 2 is 1.53 bits per heavy atom. The van der Waals surface area contributed by atoms with Crippen molar-refractivity contribution in [2.45, 2.75) is 0 Å². The standard InChI is InChI=1S/C10H22N2O5/c1-12(10(13)14)3-5-16-7-9-17-8-6-15-4-2-11/h2-9,11H2,1H3,(H,13,14). The molecule has 0 rings (SSSR count). The van der Waals surface area contributed by atoms with Crippen molar-refractivity contribution in [3.8, 4) is 0 Å². The van der Waals surface area contributed by atoms with Gasteiger partial charge in [-0.1, -0.05) is 0 Å². The van der Waals surface area contributed by atoms with Gasteiger partial charge >= 0.3 is 6.09 Å². The van der Waals surface area contributed by atoms with Crippen molar-refractivity contribution in [2.75, 3.05) is 59.8 Å². The number of carbonyl (C=O) groups is 1. The molecule has 0 bridgehead atoms. The van der Waals surface area contributed by atoms with E-state index in [1.54, 1.807) is 0 Å². The number of rotatable bonds is 11. The van der Waals surface area contributed by atoms with Crippen LogP contribution >= 0.6 is 0 Å². The maximum Gasteiger partial charge on any atom is 0.407 e. The number of nitrogens with zero attached hydrogens (tertiary/aromatic N) is 1. The molecule has 7 nitrogen and oxygen atoms in total. The lowest BCUT2D eigenvalue weighted by Crippen LogP contribution is -2.28. The van der Waals surface area contributed by atoms with E-state index < -0.39 is 6.09 Å². The van der Waals surface area contributed by atoms with Crippen LogP contribution in [0.25, 0.3) is 0 Å². The number of hydrogen-bond acceptors (Lipinski definition) is 5. The molecule has 17 heavy (non-hydrogen) atoms. The molecule has 7 heteroatoms. The first-order chi connectivity index (χ1) is 8.18. The van der Waals surface area contributed by atoms with Crippen molar-refractivity contribution in [3.05, 3.63) is 0 Å². The second-order valence-corrected chi connectivity index (χ2v) is 3.33. The molecule has 0 aliphatic rings. The van der Waals surface area contributed by atoms with Crippen LogP contribution < -0.4 is 5.73 Å². The lowest BCUT2D eigenvalue weighted by Gasteiger charge is -2.12. The molecule has 0 unspecified atom stereocenters. The van der Waals surface area contributed by atoms with E-state index in [9.17, 15) is 4.79 Å². The zero-order valence-electron chi connectivity index (χ0n) is 10.3. The summed E-state index contributed by atoms with van der Waals surface area (Å²) in [5.74, 6) is 0. The SMILES string of the molecule is CN(CCOCCOCCOCCN)C(=O)O. The number of hydrogen-bond donors (Lipinski definition) is 2. The van der Waals surface area contributed by atoms with Gasteiger partial charge in [-0.05, 0) is 0 Å². The van der Waals surface area contributed by atoms with E-state index in [-0.39, 0.29) is 0 Å². The normalized spacial score (nSPS) is 10.5. The van der Waals surface area contributed by atoms with Crippen LogP contribution in [0.2, 0.25) is 0 Å². The molecule has 0 heterocycles. The van der Waals surface area contributed by atoms with Crippen molar-refractivity contribution in [1.29, 1.82) is 0 Å².